The van der Waals surface area contributed by atoms with Crippen LogP contribution in [0.25, 0.3) is 54.5 Å². The number of fused-ring (bicyclic) bond motifs is 11. The summed E-state index contributed by atoms with van der Waals surface area (Å²) in [6, 6.07) is 31.5. The van der Waals surface area contributed by atoms with Gasteiger partial charge in [-0.05, 0) is 63.9 Å². The lowest BCUT2D eigenvalue weighted by atomic mass is 9.93. The molecule has 0 fully saturated rings. The van der Waals surface area contributed by atoms with Crippen molar-refractivity contribution in [3.63, 3.8) is 0 Å². The molecule has 0 atom stereocenters. The molecule has 0 radical (unpaired) electrons. The third kappa shape index (κ3) is 1.92. The molecular formula is C29H21N. The van der Waals surface area contributed by atoms with Crippen LogP contribution in [-0.4, -0.2) is 4.57 Å². The second kappa shape index (κ2) is 5.73. The summed E-state index contributed by atoms with van der Waals surface area (Å²) < 4.78 is 2.51. The highest BCUT2D eigenvalue weighted by atomic mass is 15.0. The smallest absolute Gasteiger partial charge is 0.0577 e. The van der Waals surface area contributed by atoms with E-state index in [2.05, 4.69) is 96.4 Å². The van der Waals surface area contributed by atoms with Crippen molar-refractivity contribution in [3.05, 3.63) is 96.1 Å². The Kier molecular flexibility index (Phi) is 3.10. The van der Waals surface area contributed by atoms with E-state index in [1.54, 1.807) is 0 Å². The van der Waals surface area contributed by atoms with E-state index in [1.807, 2.05) is 0 Å². The van der Waals surface area contributed by atoms with Gasteiger partial charge in [0.25, 0.3) is 0 Å². The van der Waals surface area contributed by atoms with Gasteiger partial charge in [-0.15, -0.1) is 0 Å². The van der Waals surface area contributed by atoms with Crippen LogP contribution in [0.3, 0.4) is 0 Å². The molecule has 5 aromatic carbocycles. The van der Waals surface area contributed by atoms with E-state index in [1.165, 1.54) is 65.6 Å². The van der Waals surface area contributed by atoms with Crippen molar-refractivity contribution in [1.29, 1.82) is 0 Å². The Labute approximate surface area is 175 Å². The molecule has 1 aliphatic rings. The average Bonchev–Trinajstić information content (AvgIpc) is 3.33. The summed E-state index contributed by atoms with van der Waals surface area (Å²) >= 11 is 0. The van der Waals surface area contributed by atoms with E-state index >= 15 is 0 Å². The SMILES string of the molecule is CCn1c2ccccc2c2c3c(c4ccccc4c21)Cc1cc2ccccc2cc1-3. The van der Waals surface area contributed by atoms with Crippen LogP contribution < -0.4 is 0 Å². The van der Waals surface area contributed by atoms with Gasteiger partial charge in [0.05, 0.1) is 5.52 Å². The molecular weight excluding hydrogens is 362 g/mol. The first-order chi connectivity index (χ1) is 14.8. The molecule has 0 bridgehead atoms. The molecule has 6 aromatic rings. The van der Waals surface area contributed by atoms with E-state index in [0.717, 1.165) is 13.0 Å². The van der Waals surface area contributed by atoms with Gasteiger partial charge >= 0.3 is 0 Å². The van der Waals surface area contributed by atoms with Crippen LogP contribution in [0.4, 0.5) is 0 Å². The quantitative estimate of drug-likeness (QED) is 0.274. The molecule has 0 unspecified atom stereocenters. The zero-order chi connectivity index (χ0) is 19.8. The summed E-state index contributed by atoms with van der Waals surface area (Å²) in [6.07, 6.45) is 1.01. The maximum absolute atomic E-state index is 2.51. The van der Waals surface area contributed by atoms with Gasteiger partial charge in [0, 0.05) is 28.2 Å². The molecule has 142 valence electrons. The fraction of sp³-hybridized carbons (Fsp3) is 0.103. The van der Waals surface area contributed by atoms with Crippen LogP contribution in [0.2, 0.25) is 0 Å². The molecule has 1 nitrogen and oxygen atoms in total. The first-order valence-electron chi connectivity index (χ1n) is 10.8. The lowest BCUT2D eigenvalue weighted by Gasteiger charge is -2.12. The molecule has 1 heteroatoms. The lowest BCUT2D eigenvalue weighted by molar-refractivity contribution is 0.829. The number of hydrogen-bond acceptors (Lipinski definition) is 0. The van der Waals surface area contributed by atoms with Crippen LogP contribution in [0.15, 0.2) is 84.9 Å². The van der Waals surface area contributed by atoms with Gasteiger partial charge in [0.2, 0.25) is 0 Å². The van der Waals surface area contributed by atoms with Crippen molar-refractivity contribution in [2.24, 2.45) is 0 Å². The largest absolute Gasteiger partial charge is 0.340 e. The Morgan fingerprint density at radius 3 is 2.20 bits per heavy atom. The maximum Gasteiger partial charge on any atom is 0.0577 e. The van der Waals surface area contributed by atoms with Crippen molar-refractivity contribution < 1.29 is 0 Å². The molecule has 1 heterocycles. The molecule has 0 amide bonds. The summed E-state index contributed by atoms with van der Waals surface area (Å²) in [6.45, 7) is 3.23. The van der Waals surface area contributed by atoms with Gasteiger partial charge in [-0.2, -0.15) is 0 Å². The lowest BCUT2D eigenvalue weighted by Crippen LogP contribution is -1.95. The highest BCUT2D eigenvalue weighted by Crippen LogP contribution is 2.49. The topological polar surface area (TPSA) is 4.93 Å². The third-order valence-corrected chi connectivity index (χ3v) is 6.95. The average molecular weight is 383 g/mol. The van der Waals surface area contributed by atoms with E-state index in [0.29, 0.717) is 0 Å². The number of aromatic nitrogens is 1. The molecule has 0 saturated heterocycles. The summed E-state index contributed by atoms with van der Waals surface area (Å²) in [5, 5.41) is 8.23. The molecule has 0 aliphatic heterocycles. The Morgan fingerprint density at radius 1 is 0.733 bits per heavy atom. The van der Waals surface area contributed by atoms with Gasteiger partial charge in [0.1, 0.15) is 0 Å². The Balaban J connectivity index is 1.77. The fourth-order valence-electron chi connectivity index (χ4n) is 5.74. The number of aryl methyl sites for hydroxylation is 1. The maximum atomic E-state index is 2.51. The van der Waals surface area contributed by atoms with Gasteiger partial charge < -0.3 is 4.57 Å². The minimum absolute atomic E-state index is 0.970. The van der Waals surface area contributed by atoms with Crippen LogP contribution in [-0.2, 0) is 13.0 Å². The number of rotatable bonds is 1. The molecule has 0 saturated carbocycles. The molecule has 0 spiro atoms. The Morgan fingerprint density at radius 2 is 1.40 bits per heavy atom. The number of para-hydroxylation sites is 1. The van der Waals surface area contributed by atoms with E-state index in [-0.39, 0.29) is 0 Å². The van der Waals surface area contributed by atoms with Crippen molar-refractivity contribution >= 4 is 43.4 Å². The van der Waals surface area contributed by atoms with E-state index < -0.39 is 0 Å². The van der Waals surface area contributed by atoms with Gasteiger partial charge in [-0.25, -0.2) is 0 Å². The summed E-state index contributed by atoms with van der Waals surface area (Å²) in [4.78, 5) is 0. The normalized spacial score (nSPS) is 12.8. The van der Waals surface area contributed by atoms with Gasteiger partial charge in [-0.3, -0.25) is 0 Å². The zero-order valence-corrected chi connectivity index (χ0v) is 16.9. The highest BCUT2D eigenvalue weighted by Gasteiger charge is 2.27. The number of nitrogens with zero attached hydrogens (tertiary/aromatic N) is 1. The number of hydrogen-bond donors (Lipinski definition) is 0. The van der Waals surface area contributed by atoms with E-state index in [9.17, 15) is 0 Å². The van der Waals surface area contributed by atoms with Crippen molar-refractivity contribution in [2.75, 3.05) is 0 Å². The third-order valence-electron chi connectivity index (χ3n) is 6.95. The summed E-state index contributed by atoms with van der Waals surface area (Å²) in [7, 11) is 0. The van der Waals surface area contributed by atoms with E-state index in [4.69, 9.17) is 0 Å². The predicted molar refractivity (Wildman–Crippen MR) is 128 cm³/mol. The minimum Gasteiger partial charge on any atom is -0.340 e. The molecule has 30 heavy (non-hydrogen) atoms. The first kappa shape index (κ1) is 16.2. The standard InChI is InChI=1S/C29H21N/c1-2-30-26-14-8-7-13-23(26)28-27-24-16-19-10-4-3-9-18(19)15-20(24)17-25(27)21-11-5-6-12-22(21)29(28)30/h3-16H,2,17H2,1H3. The van der Waals surface area contributed by atoms with Crippen LogP contribution in [0.1, 0.15) is 18.1 Å². The number of benzene rings is 5. The first-order valence-corrected chi connectivity index (χ1v) is 10.8. The zero-order valence-electron chi connectivity index (χ0n) is 16.9. The van der Waals surface area contributed by atoms with Crippen molar-refractivity contribution in [3.8, 4) is 11.1 Å². The second-order valence-corrected chi connectivity index (χ2v) is 8.42. The summed E-state index contributed by atoms with van der Waals surface area (Å²) in [5.41, 5.74) is 8.53. The second-order valence-electron chi connectivity index (χ2n) is 8.42. The molecule has 7 rings (SSSR count). The molecule has 0 N–H and O–H groups in total. The van der Waals surface area contributed by atoms with Gasteiger partial charge in [0.15, 0.2) is 0 Å². The predicted octanol–water partition coefficient (Wildman–Crippen LogP) is 7.69. The fourth-order valence-corrected chi connectivity index (χ4v) is 5.74. The molecule has 1 aromatic heterocycles. The Bertz CT molecular complexity index is 1650. The van der Waals surface area contributed by atoms with Gasteiger partial charge in [-0.1, -0.05) is 72.8 Å². The van der Waals surface area contributed by atoms with Crippen molar-refractivity contribution in [1.82, 2.24) is 4.57 Å². The Hall–Kier alpha value is -3.58. The minimum atomic E-state index is 0.970. The van der Waals surface area contributed by atoms with Crippen LogP contribution in [0.5, 0.6) is 0 Å². The van der Waals surface area contributed by atoms with Crippen molar-refractivity contribution in [2.45, 2.75) is 19.9 Å². The monoisotopic (exact) mass is 383 g/mol. The van der Waals surface area contributed by atoms with Crippen LogP contribution in [0, 0.1) is 0 Å². The molecule has 1 aliphatic carbocycles. The van der Waals surface area contributed by atoms with Crippen LogP contribution >= 0.6 is 0 Å². The highest BCUT2D eigenvalue weighted by molar-refractivity contribution is 6.26. The summed E-state index contributed by atoms with van der Waals surface area (Å²) in [5.74, 6) is 0.